The first-order valence-corrected chi connectivity index (χ1v) is 5.49. The summed E-state index contributed by atoms with van der Waals surface area (Å²) in [5.74, 6) is -4.39. The molecule has 1 aromatic carbocycles. The average molecular weight is 256 g/mol. The third-order valence-electron chi connectivity index (χ3n) is 2.90. The minimum Gasteiger partial charge on any atom is -0.272 e. The molecule has 1 amide bonds. The molecule has 0 spiro atoms. The number of benzene rings is 1. The lowest BCUT2D eigenvalue weighted by molar-refractivity contribution is -0.119. The summed E-state index contributed by atoms with van der Waals surface area (Å²) in [5.41, 5.74) is 0.167. The molecule has 0 N–H and O–H groups in total. The molecule has 0 fully saturated rings. The molecular weight excluding hydrogens is 245 g/mol. The molecular formula is C12H11F3N2O. The summed E-state index contributed by atoms with van der Waals surface area (Å²) in [6.45, 7) is 3.44. The molecule has 1 aromatic rings. The molecule has 2 rings (SSSR count). The van der Waals surface area contributed by atoms with Gasteiger partial charge in [0.25, 0.3) is 5.91 Å². The van der Waals surface area contributed by atoms with E-state index in [0.29, 0.717) is 24.3 Å². The van der Waals surface area contributed by atoms with E-state index in [0.717, 1.165) is 5.01 Å². The van der Waals surface area contributed by atoms with Gasteiger partial charge in [-0.2, -0.15) is 10.1 Å². The van der Waals surface area contributed by atoms with Gasteiger partial charge in [-0.25, -0.2) is 13.2 Å². The zero-order chi connectivity index (χ0) is 13.4. The molecule has 18 heavy (non-hydrogen) atoms. The molecule has 1 aliphatic rings. The third kappa shape index (κ3) is 1.87. The van der Waals surface area contributed by atoms with Crippen LogP contribution in [0.2, 0.25) is 0 Å². The van der Waals surface area contributed by atoms with Crippen molar-refractivity contribution in [2.45, 2.75) is 20.3 Å². The molecule has 0 bridgehead atoms. The SMILES string of the molecule is CCC1C(=O)N(c2cc(F)c(F)cc2F)N=C1C. The van der Waals surface area contributed by atoms with E-state index < -0.39 is 29.3 Å². The molecule has 0 saturated carbocycles. The van der Waals surface area contributed by atoms with E-state index in [-0.39, 0.29) is 5.69 Å². The Hall–Kier alpha value is -1.85. The van der Waals surface area contributed by atoms with Crippen LogP contribution in [0, 0.1) is 23.4 Å². The second kappa shape index (κ2) is 4.44. The van der Waals surface area contributed by atoms with Gasteiger partial charge in [-0.3, -0.25) is 4.79 Å². The minimum absolute atomic E-state index is 0.366. The molecule has 1 heterocycles. The number of anilines is 1. The minimum atomic E-state index is -1.30. The first-order valence-electron chi connectivity index (χ1n) is 5.49. The monoisotopic (exact) mass is 256 g/mol. The van der Waals surface area contributed by atoms with Crippen molar-refractivity contribution in [3.8, 4) is 0 Å². The van der Waals surface area contributed by atoms with Crippen LogP contribution in [-0.2, 0) is 4.79 Å². The van der Waals surface area contributed by atoms with Crippen molar-refractivity contribution in [2.75, 3.05) is 5.01 Å². The number of rotatable bonds is 2. The van der Waals surface area contributed by atoms with Crippen LogP contribution in [0.15, 0.2) is 17.2 Å². The van der Waals surface area contributed by atoms with Crippen LogP contribution in [0.4, 0.5) is 18.9 Å². The zero-order valence-corrected chi connectivity index (χ0v) is 9.88. The highest BCUT2D eigenvalue weighted by molar-refractivity contribution is 6.14. The predicted molar refractivity (Wildman–Crippen MR) is 60.7 cm³/mol. The molecule has 1 unspecified atom stereocenters. The van der Waals surface area contributed by atoms with E-state index in [1.54, 1.807) is 13.8 Å². The van der Waals surface area contributed by atoms with Crippen LogP contribution in [0.25, 0.3) is 0 Å². The number of hydrogen-bond acceptors (Lipinski definition) is 2. The van der Waals surface area contributed by atoms with Crippen LogP contribution in [0.1, 0.15) is 20.3 Å². The Morgan fingerprint density at radius 1 is 1.22 bits per heavy atom. The highest BCUT2D eigenvalue weighted by Crippen LogP contribution is 2.29. The lowest BCUT2D eigenvalue weighted by Gasteiger charge is -2.14. The number of carbonyl (C=O) groups is 1. The quantitative estimate of drug-likeness (QED) is 0.749. The van der Waals surface area contributed by atoms with Gasteiger partial charge in [0, 0.05) is 17.8 Å². The van der Waals surface area contributed by atoms with Gasteiger partial charge in [-0.05, 0) is 13.3 Å². The molecule has 6 heteroatoms. The van der Waals surface area contributed by atoms with E-state index in [9.17, 15) is 18.0 Å². The molecule has 0 aromatic heterocycles. The molecule has 0 saturated heterocycles. The van der Waals surface area contributed by atoms with E-state index in [2.05, 4.69) is 5.10 Å². The topological polar surface area (TPSA) is 32.7 Å². The van der Waals surface area contributed by atoms with Crippen molar-refractivity contribution < 1.29 is 18.0 Å². The smallest absolute Gasteiger partial charge is 0.256 e. The van der Waals surface area contributed by atoms with Gasteiger partial charge in [-0.1, -0.05) is 6.92 Å². The van der Waals surface area contributed by atoms with E-state index in [4.69, 9.17) is 0 Å². The maximum Gasteiger partial charge on any atom is 0.256 e. The second-order valence-electron chi connectivity index (χ2n) is 4.07. The number of hydrazone groups is 1. The number of hydrogen-bond donors (Lipinski definition) is 0. The lowest BCUT2D eigenvalue weighted by atomic mass is 10.0. The average Bonchev–Trinajstić information content (AvgIpc) is 2.59. The van der Waals surface area contributed by atoms with Crippen molar-refractivity contribution in [3.63, 3.8) is 0 Å². The summed E-state index contributed by atoms with van der Waals surface area (Å²) >= 11 is 0. The molecule has 1 atom stereocenters. The van der Waals surface area contributed by atoms with E-state index in [1.165, 1.54) is 0 Å². The number of halogens is 3. The summed E-state index contributed by atoms with van der Waals surface area (Å²) in [6, 6.07) is 1.04. The van der Waals surface area contributed by atoms with Crippen LogP contribution in [0.5, 0.6) is 0 Å². The first kappa shape index (κ1) is 12.6. The Morgan fingerprint density at radius 3 is 2.39 bits per heavy atom. The van der Waals surface area contributed by atoms with Gasteiger partial charge in [0.15, 0.2) is 17.5 Å². The van der Waals surface area contributed by atoms with Crippen molar-refractivity contribution in [3.05, 3.63) is 29.6 Å². The van der Waals surface area contributed by atoms with Gasteiger partial charge in [-0.15, -0.1) is 0 Å². The largest absolute Gasteiger partial charge is 0.272 e. The molecule has 0 aliphatic carbocycles. The fraction of sp³-hybridized carbons (Fsp3) is 0.333. The number of carbonyl (C=O) groups excluding carboxylic acids is 1. The Balaban J connectivity index is 2.45. The maximum absolute atomic E-state index is 13.5. The highest BCUT2D eigenvalue weighted by Gasteiger charge is 2.34. The molecule has 3 nitrogen and oxygen atoms in total. The number of nitrogens with zero attached hydrogens (tertiary/aromatic N) is 2. The maximum atomic E-state index is 13.5. The van der Waals surface area contributed by atoms with Crippen LogP contribution in [0.3, 0.4) is 0 Å². The van der Waals surface area contributed by atoms with E-state index in [1.807, 2.05) is 0 Å². The van der Waals surface area contributed by atoms with Crippen molar-refractivity contribution in [2.24, 2.45) is 11.0 Å². The summed E-state index contributed by atoms with van der Waals surface area (Å²) in [5, 5.41) is 4.69. The number of amides is 1. The Labute approximate surface area is 102 Å². The molecule has 1 aliphatic heterocycles. The Bertz CT molecular complexity index is 542. The third-order valence-corrected chi connectivity index (χ3v) is 2.90. The predicted octanol–water partition coefficient (Wildman–Crippen LogP) is 2.85. The van der Waals surface area contributed by atoms with Crippen LogP contribution >= 0.6 is 0 Å². The Kier molecular flexibility index (Phi) is 3.11. The van der Waals surface area contributed by atoms with Gasteiger partial charge >= 0.3 is 0 Å². The van der Waals surface area contributed by atoms with Gasteiger partial charge in [0.1, 0.15) is 5.69 Å². The first-order chi connectivity index (χ1) is 8.45. The van der Waals surface area contributed by atoms with Crippen molar-refractivity contribution in [1.82, 2.24) is 0 Å². The second-order valence-corrected chi connectivity index (χ2v) is 4.07. The highest BCUT2D eigenvalue weighted by atomic mass is 19.2. The summed E-state index contributed by atoms with van der Waals surface area (Å²) in [6.07, 6.45) is 0.524. The normalized spacial score (nSPS) is 19.4. The molecule has 0 radical (unpaired) electrons. The van der Waals surface area contributed by atoms with Gasteiger partial charge < -0.3 is 0 Å². The van der Waals surface area contributed by atoms with E-state index >= 15 is 0 Å². The fourth-order valence-electron chi connectivity index (χ4n) is 1.92. The van der Waals surface area contributed by atoms with Crippen LogP contribution < -0.4 is 5.01 Å². The summed E-state index contributed by atoms with van der Waals surface area (Å²) < 4.78 is 39.4. The van der Waals surface area contributed by atoms with Crippen molar-refractivity contribution >= 4 is 17.3 Å². The lowest BCUT2D eigenvalue weighted by Crippen LogP contribution is -2.27. The zero-order valence-electron chi connectivity index (χ0n) is 9.88. The van der Waals surface area contributed by atoms with Gasteiger partial charge in [0.2, 0.25) is 0 Å². The summed E-state index contributed by atoms with van der Waals surface area (Å²) in [7, 11) is 0. The van der Waals surface area contributed by atoms with Gasteiger partial charge in [0.05, 0.1) is 5.92 Å². The Morgan fingerprint density at radius 2 is 1.83 bits per heavy atom. The fourth-order valence-corrected chi connectivity index (χ4v) is 1.92. The van der Waals surface area contributed by atoms with Crippen molar-refractivity contribution in [1.29, 1.82) is 0 Å². The molecule has 96 valence electrons. The van der Waals surface area contributed by atoms with Crippen LogP contribution in [-0.4, -0.2) is 11.6 Å². The standard InChI is InChI=1S/C12H11F3N2O/c1-3-7-6(2)16-17(12(7)18)11-5-9(14)8(13)4-10(11)15/h4-5,7H,3H2,1-2H3. The summed E-state index contributed by atoms with van der Waals surface area (Å²) in [4.78, 5) is 11.9.